The molecule has 0 radical (unpaired) electrons. The molecule has 1 aliphatic heterocycles. The van der Waals surface area contributed by atoms with Crippen LogP contribution in [-0.2, 0) is 4.74 Å². The smallest absolute Gasteiger partial charge is 0.109 e. The molecule has 3 heteroatoms. The standard InChI is InChI=1S/C10H19NOS/c1-11-9(6-8-13-2)10-5-3-4-7-12-10/h5,9,11H,3-4,6-8H2,1-2H3. The highest BCUT2D eigenvalue weighted by molar-refractivity contribution is 7.98. The Balaban J connectivity index is 2.39. The number of nitrogens with one attached hydrogen (secondary N) is 1. The first-order chi connectivity index (χ1) is 6.38. The summed E-state index contributed by atoms with van der Waals surface area (Å²) in [7, 11) is 2.00. The van der Waals surface area contributed by atoms with Gasteiger partial charge in [0.05, 0.1) is 12.6 Å². The van der Waals surface area contributed by atoms with Crippen molar-refractivity contribution in [2.24, 2.45) is 0 Å². The van der Waals surface area contributed by atoms with Crippen LogP contribution in [0.1, 0.15) is 19.3 Å². The van der Waals surface area contributed by atoms with Crippen molar-refractivity contribution >= 4 is 11.8 Å². The molecule has 1 heterocycles. The van der Waals surface area contributed by atoms with Gasteiger partial charge in [0.1, 0.15) is 5.76 Å². The van der Waals surface area contributed by atoms with E-state index in [1.54, 1.807) is 0 Å². The van der Waals surface area contributed by atoms with Crippen LogP contribution in [0.5, 0.6) is 0 Å². The molecule has 0 saturated carbocycles. The second kappa shape index (κ2) is 6.33. The maximum Gasteiger partial charge on any atom is 0.109 e. The highest BCUT2D eigenvalue weighted by Crippen LogP contribution is 2.16. The molecule has 0 aliphatic carbocycles. The minimum Gasteiger partial charge on any atom is -0.497 e. The maximum absolute atomic E-state index is 5.62. The van der Waals surface area contributed by atoms with E-state index in [-0.39, 0.29) is 0 Å². The zero-order chi connectivity index (χ0) is 9.52. The molecule has 0 aromatic carbocycles. The van der Waals surface area contributed by atoms with E-state index in [0.29, 0.717) is 6.04 Å². The maximum atomic E-state index is 5.62. The lowest BCUT2D eigenvalue weighted by molar-refractivity contribution is 0.168. The minimum atomic E-state index is 0.424. The molecule has 0 amide bonds. The minimum absolute atomic E-state index is 0.424. The molecule has 1 rings (SSSR count). The summed E-state index contributed by atoms with van der Waals surface area (Å²) in [6.45, 7) is 0.892. The molecule has 1 aliphatic rings. The van der Waals surface area contributed by atoms with Crippen LogP contribution in [0, 0.1) is 0 Å². The Morgan fingerprint density at radius 2 is 2.54 bits per heavy atom. The number of thioether (sulfide) groups is 1. The Morgan fingerprint density at radius 1 is 1.69 bits per heavy atom. The van der Waals surface area contributed by atoms with Crippen LogP contribution in [0.4, 0.5) is 0 Å². The van der Waals surface area contributed by atoms with Gasteiger partial charge in [0.25, 0.3) is 0 Å². The fraction of sp³-hybridized carbons (Fsp3) is 0.800. The highest BCUT2D eigenvalue weighted by atomic mass is 32.2. The van der Waals surface area contributed by atoms with Crippen molar-refractivity contribution in [1.82, 2.24) is 5.32 Å². The van der Waals surface area contributed by atoms with E-state index in [4.69, 9.17) is 4.74 Å². The summed E-state index contributed by atoms with van der Waals surface area (Å²) in [5.41, 5.74) is 0. The number of hydrogen-bond acceptors (Lipinski definition) is 3. The Bertz CT molecular complexity index is 170. The zero-order valence-corrected chi connectivity index (χ0v) is 9.32. The molecule has 13 heavy (non-hydrogen) atoms. The van der Waals surface area contributed by atoms with E-state index in [1.807, 2.05) is 18.8 Å². The molecular formula is C10H19NOS. The summed E-state index contributed by atoms with van der Waals surface area (Å²) < 4.78 is 5.62. The summed E-state index contributed by atoms with van der Waals surface area (Å²) in [6, 6.07) is 0.424. The topological polar surface area (TPSA) is 21.3 Å². The summed E-state index contributed by atoms with van der Waals surface area (Å²) in [6.07, 6.45) is 7.87. The first-order valence-electron chi connectivity index (χ1n) is 4.87. The van der Waals surface area contributed by atoms with Crippen LogP contribution < -0.4 is 5.32 Å². The highest BCUT2D eigenvalue weighted by Gasteiger charge is 2.14. The fourth-order valence-electron chi connectivity index (χ4n) is 1.48. The van der Waals surface area contributed by atoms with Gasteiger partial charge in [-0.15, -0.1) is 0 Å². The summed E-state index contributed by atoms with van der Waals surface area (Å²) >= 11 is 1.89. The van der Waals surface area contributed by atoms with Crippen LogP contribution in [0.25, 0.3) is 0 Å². The molecule has 2 nitrogen and oxygen atoms in total. The number of rotatable bonds is 5. The second-order valence-corrected chi connectivity index (χ2v) is 4.21. The zero-order valence-electron chi connectivity index (χ0n) is 8.51. The van der Waals surface area contributed by atoms with Gasteiger partial charge in [0, 0.05) is 0 Å². The van der Waals surface area contributed by atoms with Crippen molar-refractivity contribution < 1.29 is 4.74 Å². The molecule has 0 spiro atoms. The van der Waals surface area contributed by atoms with E-state index in [2.05, 4.69) is 17.6 Å². The van der Waals surface area contributed by atoms with Crippen LogP contribution in [0.3, 0.4) is 0 Å². The Morgan fingerprint density at radius 3 is 3.08 bits per heavy atom. The van der Waals surface area contributed by atoms with Gasteiger partial charge in [-0.25, -0.2) is 0 Å². The molecule has 1 unspecified atom stereocenters. The molecule has 0 fully saturated rings. The number of allylic oxidation sites excluding steroid dienone is 1. The van der Waals surface area contributed by atoms with Crippen LogP contribution >= 0.6 is 11.8 Å². The SMILES string of the molecule is CNC(CCSC)C1=CCCCO1. The fourth-order valence-corrected chi connectivity index (χ4v) is 1.96. The third-order valence-electron chi connectivity index (χ3n) is 2.27. The lowest BCUT2D eigenvalue weighted by Gasteiger charge is -2.23. The molecule has 1 atom stereocenters. The average Bonchev–Trinajstić information content (AvgIpc) is 2.21. The Hall–Kier alpha value is -0.150. The summed E-state index contributed by atoms with van der Waals surface area (Å²) in [4.78, 5) is 0. The number of hydrogen-bond donors (Lipinski definition) is 1. The first kappa shape index (κ1) is 10.9. The molecular weight excluding hydrogens is 182 g/mol. The van der Waals surface area contributed by atoms with E-state index in [9.17, 15) is 0 Å². The normalized spacial score (nSPS) is 19.1. The van der Waals surface area contributed by atoms with Gasteiger partial charge in [-0.05, 0) is 44.4 Å². The van der Waals surface area contributed by atoms with Crippen molar-refractivity contribution in [3.05, 3.63) is 11.8 Å². The predicted molar refractivity (Wildman–Crippen MR) is 59.1 cm³/mol. The molecule has 76 valence electrons. The largest absolute Gasteiger partial charge is 0.497 e. The Kier molecular flexibility index (Phi) is 5.32. The second-order valence-electron chi connectivity index (χ2n) is 3.22. The van der Waals surface area contributed by atoms with E-state index in [0.717, 1.165) is 18.8 Å². The predicted octanol–water partition coefficient (Wildman–Crippen LogP) is 2.02. The third kappa shape index (κ3) is 3.61. The Labute approximate surface area is 85.1 Å². The van der Waals surface area contributed by atoms with Gasteiger partial charge in [0.2, 0.25) is 0 Å². The monoisotopic (exact) mass is 201 g/mol. The van der Waals surface area contributed by atoms with Crippen molar-refractivity contribution in [3.63, 3.8) is 0 Å². The van der Waals surface area contributed by atoms with Crippen molar-refractivity contribution in [2.45, 2.75) is 25.3 Å². The molecule has 0 aromatic heterocycles. The van der Waals surface area contributed by atoms with Gasteiger partial charge in [0.15, 0.2) is 0 Å². The van der Waals surface area contributed by atoms with Crippen LogP contribution in [0.2, 0.25) is 0 Å². The number of likely N-dealkylation sites (N-methyl/N-ethyl adjacent to an activating group) is 1. The number of ether oxygens (including phenoxy) is 1. The van der Waals surface area contributed by atoms with Gasteiger partial charge < -0.3 is 10.1 Å². The van der Waals surface area contributed by atoms with Crippen LogP contribution in [0.15, 0.2) is 11.8 Å². The van der Waals surface area contributed by atoms with Gasteiger partial charge >= 0.3 is 0 Å². The summed E-state index contributed by atoms with van der Waals surface area (Å²) in [5.74, 6) is 2.34. The van der Waals surface area contributed by atoms with Gasteiger partial charge in [-0.1, -0.05) is 0 Å². The average molecular weight is 201 g/mol. The lowest BCUT2D eigenvalue weighted by atomic mass is 10.1. The molecule has 1 N–H and O–H groups in total. The molecule has 0 bridgehead atoms. The molecule has 0 saturated heterocycles. The molecule has 0 aromatic rings. The quantitative estimate of drug-likeness (QED) is 0.735. The third-order valence-corrected chi connectivity index (χ3v) is 2.91. The summed E-state index contributed by atoms with van der Waals surface area (Å²) in [5, 5.41) is 3.30. The van der Waals surface area contributed by atoms with Crippen LogP contribution in [-0.4, -0.2) is 31.7 Å². The van der Waals surface area contributed by atoms with Crippen molar-refractivity contribution in [2.75, 3.05) is 25.7 Å². The van der Waals surface area contributed by atoms with E-state index >= 15 is 0 Å². The van der Waals surface area contributed by atoms with Crippen molar-refractivity contribution in [3.8, 4) is 0 Å². The van der Waals surface area contributed by atoms with Gasteiger partial charge in [-0.3, -0.25) is 0 Å². The van der Waals surface area contributed by atoms with Gasteiger partial charge in [-0.2, -0.15) is 11.8 Å². The lowest BCUT2D eigenvalue weighted by Crippen LogP contribution is -2.30. The first-order valence-corrected chi connectivity index (χ1v) is 6.27. The van der Waals surface area contributed by atoms with E-state index < -0.39 is 0 Å². The van der Waals surface area contributed by atoms with E-state index in [1.165, 1.54) is 18.6 Å². The van der Waals surface area contributed by atoms with Crippen molar-refractivity contribution in [1.29, 1.82) is 0 Å².